The molecule has 0 amide bonds. The average Bonchev–Trinajstić information content (AvgIpc) is 3.00. The van der Waals surface area contributed by atoms with Crippen molar-refractivity contribution in [1.82, 2.24) is 10.3 Å². The fourth-order valence-electron chi connectivity index (χ4n) is 2.30. The second-order valence-electron chi connectivity index (χ2n) is 5.04. The van der Waals surface area contributed by atoms with Crippen molar-refractivity contribution < 1.29 is 14.6 Å². The van der Waals surface area contributed by atoms with Crippen LogP contribution in [0, 0.1) is 0 Å². The highest BCUT2D eigenvalue weighted by molar-refractivity contribution is 5.45. The SMILES string of the molecule is C[C@@H](NCC(O)c1ccc2c(c1)OCO2)c1ccncc1. The first-order valence-corrected chi connectivity index (χ1v) is 6.95. The monoisotopic (exact) mass is 286 g/mol. The molecule has 5 nitrogen and oxygen atoms in total. The van der Waals surface area contributed by atoms with Crippen LogP contribution >= 0.6 is 0 Å². The number of ether oxygens (including phenoxy) is 2. The van der Waals surface area contributed by atoms with Crippen molar-refractivity contribution in [2.24, 2.45) is 0 Å². The van der Waals surface area contributed by atoms with E-state index in [-0.39, 0.29) is 12.8 Å². The van der Waals surface area contributed by atoms with Gasteiger partial charge in [-0.15, -0.1) is 0 Å². The maximum Gasteiger partial charge on any atom is 0.231 e. The molecule has 1 aromatic heterocycles. The van der Waals surface area contributed by atoms with Gasteiger partial charge in [0.2, 0.25) is 6.79 Å². The molecule has 0 aliphatic carbocycles. The van der Waals surface area contributed by atoms with Gasteiger partial charge in [-0.1, -0.05) is 6.07 Å². The van der Waals surface area contributed by atoms with E-state index in [1.807, 2.05) is 30.3 Å². The molecule has 5 heteroatoms. The molecular weight excluding hydrogens is 268 g/mol. The molecule has 1 aliphatic heterocycles. The molecule has 1 unspecified atom stereocenters. The van der Waals surface area contributed by atoms with Gasteiger partial charge >= 0.3 is 0 Å². The number of aliphatic hydroxyl groups excluding tert-OH is 1. The lowest BCUT2D eigenvalue weighted by atomic mass is 10.1. The minimum absolute atomic E-state index is 0.150. The van der Waals surface area contributed by atoms with Crippen molar-refractivity contribution in [3.8, 4) is 11.5 Å². The number of hydrogen-bond acceptors (Lipinski definition) is 5. The van der Waals surface area contributed by atoms with Crippen LogP contribution in [-0.4, -0.2) is 23.4 Å². The summed E-state index contributed by atoms with van der Waals surface area (Å²) in [7, 11) is 0. The molecule has 1 aliphatic rings. The van der Waals surface area contributed by atoms with E-state index in [9.17, 15) is 5.11 Å². The summed E-state index contributed by atoms with van der Waals surface area (Å²) < 4.78 is 10.6. The maximum atomic E-state index is 10.3. The molecule has 0 spiro atoms. The molecule has 110 valence electrons. The molecule has 3 rings (SSSR count). The summed E-state index contributed by atoms with van der Waals surface area (Å²) in [5.74, 6) is 1.41. The van der Waals surface area contributed by atoms with Gasteiger partial charge < -0.3 is 19.9 Å². The second kappa shape index (κ2) is 6.11. The zero-order chi connectivity index (χ0) is 14.7. The third-order valence-electron chi connectivity index (χ3n) is 3.60. The average molecular weight is 286 g/mol. The summed E-state index contributed by atoms with van der Waals surface area (Å²) in [6.07, 6.45) is 2.94. The topological polar surface area (TPSA) is 63.6 Å². The van der Waals surface area contributed by atoms with E-state index in [2.05, 4.69) is 17.2 Å². The number of pyridine rings is 1. The summed E-state index contributed by atoms with van der Waals surface area (Å²) in [5, 5.41) is 13.6. The molecular formula is C16H18N2O3. The van der Waals surface area contributed by atoms with Crippen molar-refractivity contribution in [1.29, 1.82) is 0 Å². The van der Waals surface area contributed by atoms with Crippen molar-refractivity contribution in [3.05, 3.63) is 53.9 Å². The molecule has 2 aromatic rings. The fourth-order valence-corrected chi connectivity index (χ4v) is 2.30. The minimum Gasteiger partial charge on any atom is -0.454 e. The van der Waals surface area contributed by atoms with Gasteiger partial charge in [0.1, 0.15) is 0 Å². The third kappa shape index (κ3) is 3.15. The first kappa shape index (κ1) is 13.9. The van der Waals surface area contributed by atoms with E-state index in [1.165, 1.54) is 0 Å². The molecule has 2 heterocycles. The summed E-state index contributed by atoms with van der Waals surface area (Å²) in [5.41, 5.74) is 1.96. The predicted octanol–water partition coefficient (Wildman–Crippen LogP) is 2.19. The van der Waals surface area contributed by atoms with Crippen LogP contribution in [0.3, 0.4) is 0 Å². The molecule has 0 saturated carbocycles. The first-order chi connectivity index (χ1) is 10.2. The van der Waals surface area contributed by atoms with E-state index in [0.29, 0.717) is 12.3 Å². The van der Waals surface area contributed by atoms with E-state index in [1.54, 1.807) is 12.4 Å². The number of aliphatic hydroxyl groups is 1. The Bertz CT molecular complexity index is 604. The van der Waals surface area contributed by atoms with Gasteiger partial charge in [0.15, 0.2) is 11.5 Å². The van der Waals surface area contributed by atoms with Crippen LogP contribution in [0.5, 0.6) is 11.5 Å². The van der Waals surface area contributed by atoms with Gasteiger partial charge in [0.25, 0.3) is 0 Å². The Morgan fingerprint density at radius 1 is 1.14 bits per heavy atom. The summed E-state index contributed by atoms with van der Waals surface area (Å²) in [6, 6.07) is 9.59. The number of aromatic nitrogens is 1. The van der Waals surface area contributed by atoms with Gasteiger partial charge in [0, 0.05) is 25.0 Å². The maximum absolute atomic E-state index is 10.3. The van der Waals surface area contributed by atoms with Gasteiger partial charge in [-0.05, 0) is 42.3 Å². The molecule has 0 fully saturated rings. The lowest BCUT2D eigenvalue weighted by molar-refractivity contribution is 0.168. The Balaban J connectivity index is 1.60. The van der Waals surface area contributed by atoms with Crippen molar-refractivity contribution in [2.45, 2.75) is 19.1 Å². The van der Waals surface area contributed by atoms with E-state index in [0.717, 1.165) is 16.9 Å². The number of hydrogen-bond donors (Lipinski definition) is 2. The number of fused-ring (bicyclic) bond motifs is 1. The van der Waals surface area contributed by atoms with Crippen LogP contribution < -0.4 is 14.8 Å². The number of nitrogens with one attached hydrogen (secondary N) is 1. The summed E-state index contributed by atoms with van der Waals surface area (Å²) >= 11 is 0. The molecule has 0 radical (unpaired) electrons. The Hall–Kier alpha value is -2.11. The molecule has 2 atom stereocenters. The molecule has 21 heavy (non-hydrogen) atoms. The standard InChI is InChI=1S/C16H18N2O3/c1-11(12-4-6-17-7-5-12)18-9-14(19)13-2-3-15-16(8-13)21-10-20-15/h2-8,11,14,18-19H,9-10H2,1H3/t11-,14?/m1/s1. The van der Waals surface area contributed by atoms with Crippen LogP contribution in [-0.2, 0) is 0 Å². The van der Waals surface area contributed by atoms with Gasteiger partial charge in [-0.3, -0.25) is 4.98 Å². The lowest BCUT2D eigenvalue weighted by Gasteiger charge is -2.17. The Labute approximate surface area is 123 Å². The first-order valence-electron chi connectivity index (χ1n) is 6.95. The van der Waals surface area contributed by atoms with Crippen LogP contribution in [0.25, 0.3) is 0 Å². The highest BCUT2D eigenvalue weighted by Crippen LogP contribution is 2.34. The third-order valence-corrected chi connectivity index (χ3v) is 3.60. The highest BCUT2D eigenvalue weighted by Gasteiger charge is 2.17. The molecule has 2 N–H and O–H groups in total. The molecule has 1 aromatic carbocycles. The Kier molecular flexibility index (Phi) is 4.03. The fraction of sp³-hybridized carbons (Fsp3) is 0.312. The van der Waals surface area contributed by atoms with Gasteiger partial charge in [-0.2, -0.15) is 0 Å². The predicted molar refractivity (Wildman–Crippen MR) is 78.2 cm³/mol. The van der Waals surface area contributed by atoms with Gasteiger partial charge in [-0.25, -0.2) is 0 Å². The van der Waals surface area contributed by atoms with Crippen molar-refractivity contribution >= 4 is 0 Å². The van der Waals surface area contributed by atoms with E-state index in [4.69, 9.17) is 9.47 Å². The largest absolute Gasteiger partial charge is 0.454 e. The molecule has 0 saturated heterocycles. The number of nitrogens with zero attached hydrogens (tertiary/aromatic N) is 1. The normalized spacial score (nSPS) is 15.7. The zero-order valence-corrected chi connectivity index (χ0v) is 11.8. The van der Waals surface area contributed by atoms with Crippen molar-refractivity contribution in [3.63, 3.8) is 0 Å². The van der Waals surface area contributed by atoms with E-state index < -0.39 is 6.10 Å². The van der Waals surface area contributed by atoms with Gasteiger partial charge in [0.05, 0.1) is 6.10 Å². The van der Waals surface area contributed by atoms with Crippen LogP contribution in [0.4, 0.5) is 0 Å². The Morgan fingerprint density at radius 2 is 1.90 bits per heavy atom. The molecule has 0 bridgehead atoms. The zero-order valence-electron chi connectivity index (χ0n) is 11.8. The second-order valence-corrected chi connectivity index (χ2v) is 5.04. The summed E-state index contributed by atoms with van der Waals surface area (Å²) in [4.78, 5) is 4.00. The van der Waals surface area contributed by atoms with Crippen molar-refractivity contribution in [2.75, 3.05) is 13.3 Å². The smallest absolute Gasteiger partial charge is 0.231 e. The summed E-state index contributed by atoms with van der Waals surface area (Å²) in [6.45, 7) is 2.76. The van der Waals surface area contributed by atoms with Crippen LogP contribution in [0.15, 0.2) is 42.7 Å². The van der Waals surface area contributed by atoms with Crippen LogP contribution in [0.2, 0.25) is 0 Å². The highest BCUT2D eigenvalue weighted by atomic mass is 16.7. The Morgan fingerprint density at radius 3 is 2.71 bits per heavy atom. The number of rotatable bonds is 5. The quantitative estimate of drug-likeness (QED) is 0.882. The minimum atomic E-state index is -0.594. The van der Waals surface area contributed by atoms with Crippen LogP contribution in [0.1, 0.15) is 30.2 Å². The van der Waals surface area contributed by atoms with E-state index >= 15 is 0 Å². The lowest BCUT2D eigenvalue weighted by Crippen LogP contribution is -2.24. The number of benzene rings is 1.